The zero-order chi connectivity index (χ0) is 14.5. The average Bonchev–Trinajstić information content (AvgIpc) is 2.73. The van der Waals surface area contributed by atoms with Crippen molar-refractivity contribution in [1.82, 2.24) is 5.32 Å². The number of hydrogen-bond acceptors (Lipinski definition) is 3. The predicted molar refractivity (Wildman–Crippen MR) is 79.3 cm³/mol. The Morgan fingerprint density at radius 2 is 2.10 bits per heavy atom. The molecule has 1 aromatic heterocycles. The number of rotatable bonds is 6. The van der Waals surface area contributed by atoms with Crippen LogP contribution in [0.5, 0.6) is 5.75 Å². The minimum Gasteiger partial charge on any atom is -0.486 e. The molecule has 2 rings (SSSR count). The lowest BCUT2D eigenvalue weighted by Crippen LogP contribution is -2.11. The normalized spacial score (nSPS) is 10.8. The van der Waals surface area contributed by atoms with E-state index in [1.165, 1.54) is 12.1 Å². The van der Waals surface area contributed by atoms with Crippen molar-refractivity contribution in [1.29, 1.82) is 0 Å². The summed E-state index contributed by atoms with van der Waals surface area (Å²) in [6, 6.07) is 6.42. The number of aryl methyl sites for hydroxylation is 1. The maximum absolute atomic E-state index is 13.2. The average molecular weight is 342 g/mol. The molecule has 0 amide bonds. The summed E-state index contributed by atoms with van der Waals surface area (Å²) in [4.78, 5) is 0. The van der Waals surface area contributed by atoms with Gasteiger partial charge in [-0.25, -0.2) is 4.39 Å². The number of benzene rings is 1. The van der Waals surface area contributed by atoms with Gasteiger partial charge >= 0.3 is 0 Å². The van der Waals surface area contributed by atoms with E-state index in [1.807, 2.05) is 13.0 Å². The van der Waals surface area contributed by atoms with Gasteiger partial charge in [0.1, 0.15) is 29.7 Å². The molecule has 20 heavy (non-hydrogen) atoms. The van der Waals surface area contributed by atoms with Gasteiger partial charge in [0.2, 0.25) is 0 Å². The van der Waals surface area contributed by atoms with Gasteiger partial charge in [0.25, 0.3) is 0 Å². The second-order valence-electron chi connectivity index (χ2n) is 4.47. The molecule has 2 aromatic rings. The van der Waals surface area contributed by atoms with Crippen LogP contribution in [0.3, 0.4) is 0 Å². The summed E-state index contributed by atoms with van der Waals surface area (Å²) in [7, 11) is 0. The van der Waals surface area contributed by atoms with Crippen LogP contribution in [-0.2, 0) is 13.2 Å². The van der Waals surface area contributed by atoms with E-state index in [-0.39, 0.29) is 12.4 Å². The highest BCUT2D eigenvalue weighted by atomic mass is 79.9. The summed E-state index contributed by atoms with van der Waals surface area (Å²) < 4.78 is 25.0. The maximum atomic E-state index is 13.2. The molecule has 0 fully saturated rings. The zero-order valence-corrected chi connectivity index (χ0v) is 13.1. The third-order valence-corrected chi connectivity index (χ3v) is 3.31. The van der Waals surface area contributed by atoms with E-state index in [0.717, 1.165) is 30.2 Å². The van der Waals surface area contributed by atoms with Crippen LogP contribution in [0.2, 0.25) is 0 Å². The van der Waals surface area contributed by atoms with Crippen LogP contribution in [0, 0.1) is 12.7 Å². The molecule has 0 atom stereocenters. The minimum absolute atomic E-state index is 0.281. The van der Waals surface area contributed by atoms with Crippen molar-refractivity contribution < 1.29 is 13.5 Å². The van der Waals surface area contributed by atoms with Gasteiger partial charge in [-0.2, -0.15) is 0 Å². The van der Waals surface area contributed by atoms with Gasteiger partial charge in [-0.3, -0.25) is 0 Å². The van der Waals surface area contributed by atoms with Gasteiger partial charge in [0, 0.05) is 22.6 Å². The van der Waals surface area contributed by atoms with Crippen LogP contribution in [0.25, 0.3) is 0 Å². The summed E-state index contributed by atoms with van der Waals surface area (Å²) in [5.74, 6) is 1.75. The number of furan rings is 1. The predicted octanol–water partition coefficient (Wildman–Crippen LogP) is 4.18. The Bertz CT molecular complexity index is 563. The van der Waals surface area contributed by atoms with E-state index < -0.39 is 0 Å². The zero-order valence-electron chi connectivity index (χ0n) is 11.5. The van der Waals surface area contributed by atoms with Crippen LogP contribution >= 0.6 is 15.9 Å². The second-order valence-corrected chi connectivity index (χ2v) is 5.38. The molecule has 5 heteroatoms. The first kappa shape index (κ1) is 15.1. The Labute approximate surface area is 126 Å². The second kappa shape index (κ2) is 6.90. The molecule has 0 aliphatic rings. The van der Waals surface area contributed by atoms with Crippen molar-refractivity contribution in [2.24, 2.45) is 0 Å². The fourth-order valence-corrected chi connectivity index (χ4v) is 2.30. The highest BCUT2D eigenvalue weighted by molar-refractivity contribution is 9.10. The van der Waals surface area contributed by atoms with Gasteiger partial charge in [0.05, 0.1) is 0 Å². The molecule has 1 aromatic carbocycles. The lowest BCUT2D eigenvalue weighted by atomic mass is 10.2. The fourth-order valence-electron chi connectivity index (χ4n) is 1.86. The molecule has 1 N–H and O–H groups in total. The van der Waals surface area contributed by atoms with Gasteiger partial charge in [-0.05, 0) is 31.7 Å². The third-order valence-electron chi connectivity index (χ3n) is 2.85. The minimum atomic E-state index is -0.335. The quantitative estimate of drug-likeness (QED) is 0.855. The molecule has 0 radical (unpaired) electrons. The smallest absolute Gasteiger partial charge is 0.146 e. The Morgan fingerprint density at radius 3 is 2.80 bits per heavy atom. The molecule has 0 spiro atoms. The van der Waals surface area contributed by atoms with E-state index in [1.54, 1.807) is 6.07 Å². The van der Waals surface area contributed by atoms with Gasteiger partial charge < -0.3 is 14.5 Å². The standard InChI is InChI=1S/C15H17BrFNO2/c1-3-18-8-11-4-15(20-10(11)2)9-19-14-6-12(16)5-13(17)7-14/h4-7,18H,3,8-9H2,1-2H3. The first-order chi connectivity index (χ1) is 9.58. The van der Waals surface area contributed by atoms with Gasteiger partial charge in [-0.15, -0.1) is 0 Å². The maximum Gasteiger partial charge on any atom is 0.146 e. The van der Waals surface area contributed by atoms with Crippen molar-refractivity contribution >= 4 is 15.9 Å². The summed E-state index contributed by atoms with van der Waals surface area (Å²) >= 11 is 3.23. The highest BCUT2D eigenvalue weighted by Crippen LogP contribution is 2.22. The number of nitrogens with one attached hydrogen (secondary N) is 1. The molecular weight excluding hydrogens is 325 g/mol. The van der Waals surface area contributed by atoms with E-state index in [2.05, 4.69) is 28.2 Å². The Kier molecular flexibility index (Phi) is 5.20. The molecule has 0 bridgehead atoms. The molecule has 0 aliphatic heterocycles. The van der Waals surface area contributed by atoms with Crippen LogP contribution < -0.4 is 10.1 Å². The van der Waals surface area contributed by atoms with Crippen molar-refractivity contribution in [3.05, 3.63) is 51.6 Å². The first-order valence-electron chi connectivity index (χ1n) is 6.46. The SMILES string of the molecule is CCNCc1cc(COc2cc(F)cc(Br)c2)oc1C. The molecule has 0 unspecified atom stereocenters. The molecule has 0 saturated carbocycles. The van der Waals surface area contributed by atoms with E-state index in [4.69, 9.17) is 9.15 Å². The molecular formula is C15H17BrFNO2. The molecule has 3 nitrogen and oxygen atoms in total. The molecule has 0 saturated heterocycles. The first-order valence-corrected chi connectivity index (χ1v) is 7.25. The van der Waals surface area contributed by atoms with Gasteiger partial charge in [-0.1, -0.05) is 22.9 Å². The topological polar surface area (TPSA) is 34.4 Å². The van der Waals surface area contributed by atoms with Crippen molar-refractivity contribution in [3.63, 3.8) is 0 Å². The van der Waals surface area contributed by atoms with E-state index >= 15 is 0 Å². The molecule has 108 valence electrons. The summed E-state index contributed by atoms with van der Waals surface area (Å²) in [6.45, 7) is 5.95. The van der Waals surface area contributed by atoms with Crippen LogP contribution in [0.15, 0.2) is 33.2 Å². The van der Waals surface area contributed by atoms with Crippen LogP contribution in [0.4, 0.5) is 4.39 Å². The van der Waals surface area contributed by atoms with Gasteiger partial charge in [0.15, 0.2) is 0 Å². The summed E-state index contributed by atoms with van der Waals surface area (Å²) in [5, 5.41) is 3.25. The fraction of sp³-hybridized carbons (Fsp3) is 0.333. The summed E-state index contributed by atoms with van der Waals surface area (Å²) in [5.41, 5.74) is 1.12. The lowest BCUT2D eigenvalue weighted by molar-refractivity contribution is 0.266. The molecule has 0 aliphatic carbocycles. The summed E-state index contributed by atoms with van der Waals surface area (Å²) in [6.07, 6.45) is 0. The van der Waals surface area contributed by atoms with Crippen molar-refractivity contribution in [2.45, 2.75) is 27.0 Å². The largest absolute Gasteiger partial charge is 0.486 e. The van der Waals surface area contributed by atoms with Crippen LogP contribution in [-0.4, -0.2) is 6.54 Å². The number of hydrogen-bond donors (Lipinski definition) is 1. The Morgan fingerprint density at radius 1 is 1.30 bits per heavy atom. The van der Waals surface area contributed by atoms with Crippen molar-refractivity contribution in [2.75, 3.05) is 6.54 Å². The third kappa shape index (κ3) is 4.08. The van der Waals surface area contributed by atoms with E-state index in [0.29, 0.717) is 10.2 Å². The Balaban J connectivity index is 2.00. The van der Waals surface area contributed by atoms with E-state index in [9.17, 15) is 4.39 Å². The number of ether oxygens (including phenoxy) is 1. The lowest BCUT2D eigenvalue weighted by Gasteiger charge is -2.04. The number of halogens is 2. The highest BCUT2D eigenvalue weighted by Gasteiger charge is 2.08. The van der Waals surface area contributed by atoms with Crippen LogP contribution in [0.1, 0.15) is 24.0 Å². The molecule has 1 heterocycles. The monoisotopic (exact) mass is 341 g/mol. The Hall–Kier alpha value is -1.33. The van der Waals surface area contributed by atoms with Crippen molar-refractivity contribution in [3.8, 4) is 5.75 Å².